The van der Waals surface area contributed by atoms with Crippen molar-refractivity contribution in [1.29, 1.82) is 0 Å². The zero-order chi connectivity index (χ0) is 22.3. The third kappa shape index (κ3) is 7.66. The first-order valence-corrected chi connectivity index (χ1v) is 13.0. The zero-order valence-corrected chi connectivity index (χ0v) is 22.3. The lowest BCUT2D eigenvalue weighted by atomic mass is 10.1. The number of nitrogens with zero attached hydrogens (tertiary/aromatic N) is 2. The van der Waals surface area contributed by atoms with Crippen molar-refractivity contribution >= 4 is 46.8 Å². The predicted octanol–water partition coefficient (Wildman–Crippen LogP) is 6.94. The van der Waals surface area contributed by atoms with E-state index in [1.54, 1.807) is 0 Å². The zero-order valence-electron chi connectivity index (χ0n) is 20.7. The maximum Gasteiger partial charge on any atom is 0.135 e. The molecule has 0 unspecified atom stereocenters. The van der Waals surface area contributed by atoms with Gasteiger partial charge in [0, 0.05) is 23.9 Å². The first kappa shape index (κ1) is 27.9. The highest BCUT2D eigenvalue weighted by atomic mass is 35.5. The standard InChI is InChI=1S/C28H38N2O3.2ClH/c1-3-13-29(14-4-1)17-7-19-31-23-9-11-27-25(21-23)26-22-24(10-12-28(26)33-27)32-20-8-18-30-15-5-2-6-16-30;;/h9-12,21-22H,1-8,13-20H2;2*1H. The average molecular weight is 524 g/mol. The first-order valence-electron chi connectivity index (χ1n) is 13.0. The molecule has 0 radical (unpaired) electrons. The van der Waals surface area contributed by atoms with Crippen LogP contribution in [0.3, 0.4) is 0 Å². The van der Waals surface area contributed by atoms with Crippen LogP contribution in [0.4, 0.5) is 0 Å². The molecule has 0 amide bonds. The van der Waals surface area contributed by atoms with Crippen LogP contribution in [0.1, 0.15) is 51.4 Å². The third-order valence-electron chi connectivity index (χ3n) is 7.08. The van der Waals surface area contributed by atoms with E-state index in [1.807, 2.05) is 24.3 Å². The van der Waals surface area contributed by atoms with Gasteiger partial charge in [-0.25, -0.2) is 0 Å². The fourth-order valence-corrected chi connectivity index (χ4v) is 5.24. The van der Waals surface area contributed by atoms with E-state index < -0.39 is 0 Å². The molecule has 3 heterocycles. The van der Waals surface area contributed by atoms with Crippen molar-refractivity contribution in [1.82, 2.24) is 9.80 Å². The van der Waals surface area contributed by atoms with Crippen molar-refractivity contribution in [3.8, 4) is 11.5 Å². The van der Waals surface area contributed by atoms with Crippen LogP contribution in [0.25, 0.3) is 21.9 Å². The maximum absolute atomic E-state index is 6.09. The Hall–Kier alpha value is -1.66. The average Bonchev–Trinajstić information content (AvgIpc) is 3.23. The fourth-order valence-electron chi connectivity index (χ4n) is 5.24. The molecule has 5 nitrogen and oxygen atoms in total. The lowest BCUT2D eigenvalue weighted by Gasteiger charge is -2.26. The number of benzene rings is 2. The minimum absolute atomic E-state index is 0. The Kier molecular flexibility index (Phi) is 11.3. The Labute approximate surface area is 221 Å². The van der Waals surface area contributed by atoms with Crippen LogP contribution in [0.2, 0.25) is 0 Å². The van der Waals surface area contributed by atoms with Gasteiger partial charge in [-0.3, -0.25) is 0 Å². The molecule has 0 atom stereocenters. The number of furan rings is 1. The van der Waals surface area contributed by atoms with E-state index in [9.17, 15) is 0 Å². The van der Waals surface area contributed by atoms with Crippen LogP contribution in [0.5, 0.6) is 11.5 Å². The Balaban J connectivity index is 0.00000171. The fraction of sp³-hybridized carbons (Fsp3) is 0.571. The van der Waals surface area contributed by atoms with Crippen LogP contribution >= 0.6 is 24.8 Å². The molecule has 0 spiro atoms. The number of likely N-dealkylation sites (tertiary alicyclic amines) is 2. The number of fused-ring (bicyclic) bond motifs is 3. The van der Waals surface area contributed by atoms with Crippen molar-refractivity contribution in [3.63, 3.8) is 0 Å². The van der Waals surface area contributed by atoms with Gasteiger partial charge < -0.3 is 23.7 Å². The third-order valence-corrected chi connectivity index (χ3v) is 7.08. The molecular weight excluding hydrogens is 483 g/mol. The summed E-state index contributed by atoms with van der Waals surface area (Å²) in [6.45, 7) is 8.76. The van der Waals surface area contributed by atoms with Crippen molar-refractivity contribution < 1.29 is 13.9 Å². The molecular formula is C28H40Cl2N2O3. The first-order chi connectivity index (χ1) is 16.3. The molecule has 0 N–H and O–H groups in total. The maximum atomic E-state index is 6.09. The van der Waals surface area contributed by atoms with Gasteiger partial charge in [0.1, 0.15) is 22.7 Å². The minimum atomic E-state index is 0. The molecule has 2 saturated heterocycles. The molecule has 194 valence electrons. The molecule has 2 fully saturated rings. The topological polar surface area (TPSA) is 38.1 Å². The SMILES string of the molecule is Cl.Cl.c1cc2oc3ccc(OCCCN4CCCCC4)cc3c2cc1OCCCN1CCCCC1. The Morgan fingerprint density at radius 1 is 0.600 bits per heavy atom. The molecule has 0 bridgehead atoms. The van der Waals surface area contributed by atoms with Gasteiger partial charge in [0.25, 0.3) is 0 Å². The van der Waals surface area contributed by atoms with E-state index in [0.717, 1.165) is 72.6 Å². The van der Waals surface area contributed by atoms with Crippen molar-refractivity contribution in [2.75, 3.05) is 52.5 Å². The molecule has 1 aromatic heterocycles. The van der Waals surface area contributed by atoms with Crippen LogP contribution in [0, 0.1) is 0 Å². The molecule has 35 heavy (non-hydrogen) atoms. The summed E-state index contributed by atoms with van der Waals surface area (Å²) in [6.07, 6.45) is 10.3. The van der Waals surface area contributed by atoms with Gasteiger partial charge in [-0.05, 0) is 101 Å². The normalized spacial score (nSPS) is 17.1. The lowest BCUT2D eigenvalue weighted by Crippen LogP contribution is -2.31. The van der Waals surface area contributed by atoms with Crippen LogP contribution in [-0.4, -0.2) is 62.3 Å². The van der Waals surface area contributed by atoms with E-state index in [1.165, 1.54) is 64.7 Å². The van der Waals surface area contributed by atoms with E-state index in [0.29, 0.717) is 0 Å². The highest BCUT2D eigenvalue weighted by molar-refractivity contribution is 6.05. The van der Waals surface area contributed by atoms with Gasteiger partial charge >= 0.3 is 0 Å². The molecule has 3 aromatic rings. The molecule has 0 aliphatic carbocycles. The van der Waals surface area contributed by atoms with Crippen molar-refractivity contribution in [3.05, 3.63) is 36.4 Å². The Morgan fingerprint density at radius 3 is 1.46 bits per heavy atom. The number of rotatable bonds is 10. The molecule has 2 aliphatic rings. The van der Waals surface area contributed by atoms with Gasteiger partial charge in [-0.2, -0.15) is 0 Å². The monoisotopic (exact) mass is 522 g/mol. The molecule has 2 aromatic carbocycles. The number of halogens is 2. The summed E-state index contributed by atoms with van der Waals surface area (Å²) < 4.78 is 18.2. The van der Waals surface area contributed by atoms with Crippen LogP contribution in [0.15, 0.2) is 40.8 Å². The second-order valence-corrected chi connectivity index (χ2v) is 9.63. The summed E-state index contributed by atoms with van der Waals surface area (Å²) in [6, 6.07) is 12.3. The summed E-state index contributed by atoms with van der Waals surface area (Å²) in [5.74, 6) is 1.83. The van der Waals surface area contributed by atoms with E-state index in [4.69, 9.17) is 13.9 Å². The van der Waals surface area contributed by atoms with Crippen molar-refractivity contribution in [2.24, 2.45) is 0 Å². The van der Waals surface area contributed by atoms with Crippen LogP contribution < -0.4 is 9.47 Å². The second-order valence-electron chi connectivity index (χ2n) is 9.63. The number of hydrogen-bond donors (Lipinski definition) is 0. The highest BCUT2D eigenvalue weighted by Gasteiger charge is 2.12. The molecule has 0 saturated carbocycles. The number of hydrogen-bond acceptors (Lipinski definition) is 5. The predicted molar refractivity (Wildman–Crippen MR) is 149 cm³/mol. The van der Waals surface area contributed by atoms with Gasteiger partial charge in [0.05, 0.1) is 13.2 Å². The summed E-state index contributed by atoms with van der Waals surface area (Å²) in [4.78, 5) is 5.13. The summed E-state index contributed by atoms with van der Waals surface area (Å²) in [5, 5.41) is 2.19. The summed E-state index contributed by atoms with van der Waals surface area (Å²) in [7, 11) is 0. The summed E-state index contributed by atoms with van der Waals surface area (Å²) >= 11 is 0. The smallest absolute Gasteiger partial charge is 0.135 e. The van der Waals surface area contributed by atoms with Gasteiger partial charge in [-0.1, -0.05) is 12.8 Å². The van der Waals surface area contributed by atoms with Crippen LogP contribution in [-0.2, 0) is 0 Å². The molecule has 7 heteroatoms. The largest absolute Gasteiger partial charge is 0.494 e. The Morgan fingerprint density at radius 2 is 1.03 bits per heavy atom. The highest BCUT2D eigenvalue weighted by Crippen LogP contribution is 2.33. The van der Waals surface area contributed by atoms with E-state index >= 15 is 0 Å². The summed E-state index contributed by atoms with van der Waals surface area (Å²) in [5.41, 5.74) is 1.79. The Bertz CT molecular complexity index is 949. The van der Waals surface area contributed by atoms with Gasteiger partial charge in [-0.15, -0.1) is 24.8 Å². The van der Waals surface area contributed by atoms with E-state index in [-0.39, 0.29) is 24.8 Å². The van der Waals surface area contributed by atoms with E-state index in [2.05, 4.69) is 21.9 Å². The lowest BCUT2D eigenvalue weighted by molar-refractivity contribution is 0.205. The number of piperidine rings is 2. The minimum Gasteiger partial charge on any atom is -0.494 e. The molecule has 5 rings (SSSR count). The second kappa shape index (κ2) is 14.2. The molecule has 2 aliphatic heterocycles. The van der Waals surface area contributed by atoms with Gasteiger partial charge in [0.15, 0.2) is 0 Å². The van der Waals surface area contributed by atoms with Crippen molar-refractivity contribution in [2.45, 2.75) is 51.4 Å². The van der Waals surface area contributed by atoms with Gasteiger partial charge in [0.2, 0.25) is 0 Å². The number of ether oxygens (including phenoxy) is 2. The quantitative estimate of drug-likeness (QED) is 0.269.